The quantitative estimate of drug-likeness (QED) is 0.452. The summed E-state index contributed by atoms with van der Waals surface area (Å²) in [5.74, 6) is -0.656. The number of benzene rings is 1. The van der Waals surface area contributed by atoms with E-state index in [1.54, 1.807) is 23.5 Å². The van der Waals surface area contributed by atoms with Crippen molar-refractivity contribution in [3.63, 3.8) is 0 Å². The van der Waals surface area contributed by atoms with Crippen LogP contribution in [0.15, 0.2) is 41.8 Å². The average Bonchev–Trinajstić information content (AvgIpc) is 3.25. The zero-order valence-electron chi connectivity index (χ0n) is 16.0. The van der Waals surface area contributed by atoms with Gasteiger partial charge in [0.25, 0.3) is 0 Å². The fourth-order valence-corrected chi connectivity index (χ4v) is 3.74. The van der Waals surface area contributed by atoms with Crippen molar-refractivity contribution >= 4 is 23.1 Å². The number of hydrogen-bond donors (Lipinski definition) is 0. The third-order valence-electron chi connectivity index (χ3n) is 4.85. The molecule has 0 amide bonds. The lowest BCUT2D eigenvalue weighted by molar-refractivity contribution is 0.0474. The van der Waals surface area contributed by atoms with Crippen molar-refractivity contribution in [3.8, 4) is 0 Å². The van der Waals surface area contributed by atoms with Crippen LogP contribution in [0.1, 0.15) is 48.1 Å². The van der Waals surface area contributed by atoms with E-state index in [1.807, 2.05) is 51.3 Å². The first-order valence-corrected chi connectivity index (χ1v) is 9.71. The maximum absolute atomic E-state index is 12.6. The van der Waals surface area contributed by atoms with E-state index in [1.165, 1.54) is 4.88 Å². The molecule has 2 heterocycles. The van der Waals surface area contributed by atoms with Crippen LogP contribution in [0.4, 0.5) is 0 Å². The number of Topliss-reactive ketones (excluding diaryl/α,β-unsaturated/α-hetero) is 1. The van der Waals surface area contributed by atoms with Crippen LogP contribution >= 0.6 is 11.3 Å². The molecule has 0 saturated carbocycles. The molecule has 0 bridgehead atoms. The van der Waals surface area contributed by atoms with Gasteiger partial charge in [-0.3, -0.25) is 4.79 Å². The van der Waals surface area contributed by atoms with E-state index >= 15 is 0 Å². The number of nitrogens with zero attached hydrogens (tertiary/aromatic N) is 1. The summed E-state index contributed by atoms with van der Waals surface area (Å²) in [6.45, 7) is 8.33. The molecule has 0 N–H and O–H groups in total. The fraction of sp³-hybridized carbons (Fsp3) is 0.273. The van der Waals surface area contributed by atoms with Crippen LogP contribution in [0.2, 0.25) is 0 Å². The predicted molar refractivity (Wildman–Crippen MR) is 108 cm³/mol. The maximum Gasteiger partial charge on any atom is 0.338 e. The minimum Gasteiger partial charge on any atom is -0.454 e. The molecule has 0 aliphatic rings. The number of esters is 1. The molecule has 0 aliphatic carbocycles. The van der Waals surface area contributed by atoms with Gasteiger partial charge in [-0.15, -0.1) is 11.3 Å². The number of rotatable bonds is 6. The van der Waals surface area contributed by atoms with Crippen LogP contribution in [-0.4, -0.2) is 22.9 Å². The Kier molecular flexibility index (Phi) is 5.61. The van der Waals surface area contributed by atoms with Gasteiger partial charge in [0.05, 0.1) is 12.1 Å². The standard InChI is InChI=1S/C22H23NO3S/c1-14-7-8-18(10-15(14)2)22(25)26-13-21(24)20-11-16(3)23(17(20)4)12-19-6-5-9-27-19/h5-11H,12-13H2,1-4H3. The fourth-order valence-electron chi connectivity index (χ4n) is 3.05. The first kappa shape index (κ1) is 19.1. The molecule has 140 valence electrons. The number of aromatic nitrogens is 1. The molecule has 3 rings (SSSR count). The van der Waals surface area contributed by atoms with Gasteiger partial charge in [-0.05, 0) is 68.5 Å². The molecular formula is C22H23NO3S. The first-order valence-electron chi connectivity index (χ1n) is 8.83. The Morgan fingerprint density at radius 2 is 1.81 bits per heavy atom. The molecule has 5 heteroatoms. The van der Waals surface area contributed by atoms with Crippen molar-refractivity contribution in [3.05, 3.63) is 80.3 Å². The van der Waals surface area contributed by atoms with Crippen LogP contribution in [0, 0.1) is 27.7 Å². The SMILES string of the molecule is Cc1ccc(C(=O)OCC(=O)c2cc(C)n(Cc3cccs3)c2C)cc1C. The monoisotopic (exact) mass is 381 g/mol. The van der Waals surface area contributed by atoms with E-state index in [4.69, 9.17) is 4.74 Å². The van der Waals surface area contributed by atoms with Crippen molar-refractivity contribution in [1.29, 1.82) is 0 Å². The highest BCUT2D eigenvalue weighted by atomic mass is 32.1. The summed E-state index contributed by atoms with van der Waals surface area (Å²) >= 11 is 1.69. The number of thiophene rings is 1. The van der Waals surface area contributed by atoms with E-state index in [2.05, 4.69) is 10.6 Å². The molecule has 0 saturated heterocycles. The van der Waals surface area contributed by atoms with Gasteiger partial charge in [-0.1, -0.05) is 12.1 Å². The van der Waals surface area contributed by atoms with Gasteiger partial charge in [0.1, 0.15) is 0 Å². The highest BCUT2D eigenvalue weighted by Gasteiger charge is 2.18. The molecule has 1 aromatic carbocycles. The van der Waals surface area contributed by atoms with Gasteiger partial charge in [0, 0.05) is 21.8 Å². The Morgan fingerprint density at radius 1 is 1.04 bits per heavy atom. The van der Waals surface area contributed by atoms with Gasteiger partial charge in [-0.25, -0.2) is 4.79 Å². The zero-order valence-corrected chi connectivity index (χ0v) is 16.9. The zero-order chi connectivity index (χ0) is 19.6. The van der Waals surface area contributed by atoms with Gasteiger partial charge >= 0.3 is 5.97 Å². The van der Waals surface area contributed by atoms with Crippen molar-refractivity contribution in [2.45, 2.75) is 34.2 Å². The largest absolute Gasteiger partial charge is 0.454 e. The minimum atomic E-state index is -0.473. The summed E-state index contributed by atoms with van der Waals surface area (Å²) < 4.78 is 7.37. The van der Waals surface area contributed by atoms with Crippen molar-refractivity contribution in [1.82, 2.24) is 4.57 Å². The smallest absolute Gasteiger partial charge is 0.338 e. The third kappa shape index (κ3) is 4.19. The maximum atomic E-state index is 12.6. The molecule has 0 spiro atoms. The van der Waals surface area contributed by atoms with E-state index in [9.17, 15) is 9.59 Å². The van der Waals surface area contributed by atoms with E-state index in [0.717, 1.165) is 29.1 Å². The van der Waals surface area contributed by atoms with Gasteiger partial charge < -0.3 is 9.30 Å². The van der Waals surface area contributed by atoms with Crippen LogP contribution in [0.25, 0.3) is 0 Å². The molecule has 2 aromatic heterocycles. The summed E-state index contributed by atoms with van der Waals surface area (Å²) in [4.78, 5) is 26.1. The van der Waals surface area contributed by atoms with Gasteiger partial charge in [-0.2, -0.15) is 0 Å². The van der Waals surface area contributed by atoms with Crippen LogP contribution in [0.5, 0.6) is 0 Å². The minimum absolute atomic E-state index is 0.183. The highest BCUT2D eigenvalue weighted by Crippen LogP contribution is 2.20. The lowest BCUT2D eigenvalue weighted by Gasteiger charge is -2.09. The molecule has 0 radical (unpaired) electrons. The summed E-state index contributed by atoms with van der Waals surface area (Å²) in [6, 6.07) is 11.4. The Balaban J connectivity index is 1.69. The highest BCUT2D eigenvalue weighted by molar-refractivity contribution is 7.09. The normalized spacial score (nSPS) is 10.8. The second-order valence-electron chi connectivity index (χ2n) is 6.75. The number of carbonyl (C=O) groups excluding carboxylic acids is 2. The lowest BCUT2D eigenvalue weighted by atomic mass is 10.1. The van der Waals surface area contributed by atoms with Gasteiger partial charge in [0.15, 0.2) is 6.61 Å². The number of hydrogen-bond acceptors (Lipinski definition) is 4. The van der Waals surface area contributed by atoms with Crippen LogP contribution in [0.3, 0.4) is 0 Å². The summed E-state index contributed by atoms with van der Waals surface area (Å²) in [6.07, 6.45) is 0. The predicted octanol–water partition coefficient (Wildman–Crippen LogP) is 4.87. The lowest BCUT2D eigenvalue weighted by Crippen LogP contribution is -2.15. The van der Waals surface area contributed by atoms with Crippen LogP contribution in [-0.2, 0) is 11.3 Å². The Hall–Kier alpha value is -2.66. The van der Waals surface area contributed by atoms with Crippen molar-refractivity contribution in [2.75, 3.05) is 6.61 Å². The van der Waals surface area contributed by atoms with Crippen molar-refractivity contribution < 1.29 is 14.3 Å². The van der Waals surface area contributed by atoms with Crippen molar-refractivity contribution in [2.24, 2.45) is 0 Å². The summed E-state index contributed by atoms with van der Waals surface area (Å²) in [7, 11) is 0. The second kappa shape index (κ2) is 7.92. The molecule has 0 aliphatic heterocycles. The Morgan fingerprint density at radius 3 is 2.48 bits per heavy atom. The number of carbonyl (C=O) groups is 2. The Labute approximate surface area is 163 Å². The topological polar surface area (TPSA) is 48.3 Å². The number of ether oxygens (including phenoxy) is 1. The number of ketones is 1. The van der Waals surface area contributed by atoms with E-state index < -0.39 is 5.97 Å². The molecular weight excluding hydrogens is 358 g/mol. The van der Waals surface area contributed by atoms with E-state index in [-0.39, 0.29) is 12.4 Å². The molecule has 0 atom stereocenters. The molecule has 0 fully saturated rings. The van der Waals surface area contributed by atoms with E-state index in [0.29, 0.717) is 11.1 Å². The molecule has 3 aromatic rings. The second-order valence-corrected chi connectivity index (χ2v) is 7.78. The third-order valence-corrected chi connectivity index (χ3v) is 5.71. The molecule has 4 nitrogen and oxygen atoms in total. The summed E-state index contributed by atoms with van der Waals surface area (Å²) in [5.41, 5.74) is 5.12. The first-order chi connectivity index (χ1) is 12.9. The number of aryl methyl sites for hydroxylation is 3. The molecule has 0 unspecified atom stereocenters. The van der Waals surface area contributed by atoms with Gasteiger partial charge in [0.2, 0.25) is 5.78 Å². The average molecular weight is 381 g/mol. The van der Waals surface area contributed by atoms with Crippen LogP contribution < -0.4 is 0 Å². The molecule has 27 heavy (non-hydrogen) atoms. The Bertz CT molecular complexity index is 983. The summed E-state index contributed by atoms with van der Waals surface area (Å²) in [5, 5.41) is 2.04.